The summed E-state index contributed by atoms with van der Waals surface area (Å²) >= 11 is 10.7. The fraction of sp³-hybridized carbons (Fsp3) is 0.176. The Kier molecular flexibility index (Phi) is 6.43. The first kappa shape index (κ1) is 17.6. The van der Waals surface area contributed by atoms with Crippen molar-refractivity contribution in [2.24, 2.45) is 0 Å². The molecule has 0 bridgehead atoms. The first-order valence-corrected chi connectivity index (χ1v) is 10.5. The van der Waals surface area contributed by atoms with Gasteiger partial charge in [-0.2, -0.15) is 0 Å². The van der Waals surface area contributed by atoms with Crippen LogP contribution in [0.1, 0.15) is 0 Å². The van der Waals surface area contributed by atoms with Crippen molar-refractivity contribution in [1.82, 2.24) is 10.3 Å². The van der Waals surface area contributed by atoms with Gasteiger partial charge in [0, 0.05) is 22.2 Å². The molecule has 0 radical (unpaired) electrons. The van der Waals surface area contributed by atoms with Gasteiger partial charge in [0.25, 0.3) is 0 Å². The monoisotopic (exact) mass is 394 g/mol. The Balaban J connectivity index is 1.36. The number of hydrogen-bond acceptors (Lipinski definition) is 5. The third-order valence-electron chi connectivity index (χ3n) is 3.11. The lowest BCUT2D eigenvalue weighted by Crippen LogP contribution is -2.27. The highest BCUT2D eigenvalue weighted by molar-refractivity contribution is 8.01. The summed E-state index contributed by atoms with van der Waals surface area (Å²) in [6.45, 7) is 0.639. The first-order chi connectivity index (χ1) is 11.7. The molecule has 0 spiro atoms. The van der Waals surface area contributed by atoms with Crippen LogP contribution in [0.2, 0.25) is 5.02 Å². The summed E-state index contributed by atoms with van der Waals surface area (Å²) in [6.07, 6.45) is 0. The van der Waals surface area contributed by atoms with Crippen LogP contribution in [0.15, 0.2) is 57.8 Å². The third kappa shape index (κ3) is 5.14. The maximum absolute atomic E-state index is 11.9. The van der Waals surface area contributed by atoms with Gasteiger partial charge in [-0.1, -0.05) is 35.5 Å². The van der Waals surface area contributed by atoms with Crippen LogP contribution in [-0.2, 0) is 4.79 Å². The largest absolute Gasteiger partial charge is 0.355 e. The van der Waals surface area contributed by atoms with Gasteiger partial charge in [0.15, 0.2) is 4.34 Å². The number of hydrogen-bond donors (Lipinski definition) is 1. The quantitative estimate of drug-likeness (QED) is 0.454. The Labute approximate surface area is 158 Å². The van der Waals surface area contributed by atoms with Crippen molar-refractivity contribution in [2.45, 2.75) is 9.24 Å². The maximum Gasteiger partial charge on any atom is 0.230 e. The van der Waals surface area contributed by atoms with E-state index in [0.29, 0.717) is 17.3 Å². The van der Waals surface area contributed by atoms with E-state index in [4.69, 9.17) is 11.6 Å². The molecule has 24 heavy (non-hydrogen) atoms. The second kappa shape index (κ2) is 8.76. The van der Waals surface area contributed by atoms with Crippen molar-refractivity contribution < 1.29 is 4.79 Å². The van der Waals surface area contributed by atoms with Gasteiger partial charge < -0.3 is 5.32 Å². The summed E-state index contributed by atoms with van der Waals surface area (Å²) in [7, 11) is 0. The lowest BCUT2D eigenvalue weighted by Gasteiger charge is -2.04. The lowest BCUT2D eigenvalue weighted by molar-refractivity contribution is -0.118. The van der Waals surface area contributed by atoms with Crippen LogP contribution in [0.3, 0.4) is 0 Å². The topological polar surface area (TPSA) is 42.0 Å². The normalized spacial score (nSPS) is 10.9. The van der Waals surface area contributed by atoms with Gasteiger partial charge in [-0.3, -0.25) is 4.79 Å². The van der Waals surface area contributed by atoms with Crippen LogP contribution in [0.5, 0.6) is 0 Å². The number of thiazole rings is 1. The van der Waals surface area contributed by atoms with Crippen molar-refractivity contribution in [3.8, 4) is 0 Å². The van der Waals surface area contributed by atoms with Crippen LogP contribution in [0.4, 0.5) is 0 Å². The summed E-state index contributed by atoms with van der Waals surface area (Å²) in [5.41, 5.74) is 1.04. The minimum Gasteiger partial charge on any atom is -0.355 e. The molecule has 0 atom stereocenters. The summed E-state index contributed by atoms with van der Waals surface area (Å²) in [5, 5.41) is 3.64. The number of benzene rings is 2. The Morgan fingerprint density at radius 2 is 1.92 bits per heavy atom. The number of rotatable bonds is 7. The molecule has 0 fully saturated rings. The molecule has 0 unspecified atom stereocenters. The number of aromatic nitrogens is 1. The molecule has 1 amide bonds. The molecule has 124 valence electrons. The number of thioether (sulfide) groups is 2. The van der Waals surface area contributed by atoms with E-state index in [0.717, 1.165) is 20.5 Å². The van der Waals surface area contributed by atoms with Crippen molar-refractivity contribution >= 4 is 62.6 Å². The van der Waals surface area contributed by atoms with Gasteiger partial charge in [0.05, 0.1) is 16.0 Å². The molecule has 3 aromatic rings. The lowest BCUT2D eigenvalue weighted by atomic mass is 10.3. The molecule has 1 N–H and O–H groups in total. The molecule has 3 rings (SSSR count). The number of para-hydroxylation sites is 1. The van der Waals surface area contributed by atoms with E-state index in [1.807, 2.05) is 42.5 Å². The van der Waals surface area contributed by atoms with Gasteiger partial charge in [-0.15, -0.1) is 23.1 Å². The van der Waals surface area contributed by atoms with Gasteiger partial charge in [-0.25, -0.2) is 4.98 Å². The van der Waals surface area contributed by atoms with Gasteiger partial charge >= 0.3 is 0 Å². The molecule has 0 saturated heterocycles. The molecular weight excluding hydrogens is 380 g/mol. The van der Waals surface area contributed by atoms with Crippen molar-refractivity contribution in [1.29, 1.82) is 0 Å². The molecular formula is C17H15ClN2OS3. The fourth-order valence-electron chi connectivity index (χ4n) is 1.97. The van der Waals surface area contributed by atoms with E-state index in [2.05, 4.69) is 16.4 Å². The molecule has 0 aliphatic carbocycles. The number of halogens is 1. The standard InChI is InChI=1S/C17H15ClN2OS3/c18-12-5-7-13(8-6-12)23-11-16(21)19-9-10-22-17-20-14-3-1-2-4-15(14)24-17/h1-8H,9-11H2,(H,19,21). The van der Waals surface area contributed by atoms with Gasteiger partial charge in [0.2, 0.25) is 5.91 Å². The van der Waals surface area contributed by atoms with Crippen molar-refractivity contribution in [3.05, 3.63) is 53.6 Å². The molecule has 1 heterocycles. The predicted molar refractivity (Wildman–Crippen MR) is 106 cm³/mol. The minimum absolute atomic E-state index is 0.0415. The molecule has 0 aliphatic rings. The highest BCUT2D eigenvalue weighted by atomic mass is 35.5. The Morgan fingerprint density at radius 3 is 2.71 bits per heavy atom. The zero-order valence-electron chi connectivity index (χ0n) is 12.7. The van der Waals surface area contributed by atoms with E-state index in [-0.39, 0.29) is 5.91 Å². The molecule has 0 saturated carbocycles. The highest BCUT2D eigenvalue weighted by Crippen LogP contribution is 2.28. The predicted octanol–water partition coefficient (Wildman–Crippen LogP) is 4.95. The smallest absolute Gasteiger partial charge is 0.230 e. The second-order valence-electron chi connectivity index (χ2n) is 4.89. The third-order valence-corrected chi connectivity index (χ3v) is 6.55. The van der Waals surface area contributed by atoms with Crippen LogP contribution < -0.4 is 5.32 Å². The van der Waals surface area contributed by atoms with Gasteiger partial charge in [0.1, 0.15) is 0 Å². The number of fused-ring (bicyclic) bond motifs is 1. The van der Waals surface area contributed by atoms with E-state index < -0.39 is 0 Å². The zero-order valence-corrected chi connectivity index (χ0v) is 15.9. The average Bonchev–Trinajstić information content (AvgIpc) is 3.01. The average molecular weight is 395 g/mol. The maximum atomic E-state index is 11.9. The summed E-state index contributed by atoms with van der Waals surface area (Å²) in [4.78, 5) is 17.5. The first-order valence-electron chi connectivity index (χ1n) is 7.34. The number of nitrogens with zero attached hydrogens (tertiary/aromatic N) is 1. The molecule has 3 nitrogen and oxygen atoms in total. The summed E-state index contributed by atoms with van der Waals surface area (Å²) in [6, 6.07) is 15.6. The van der Waals surface area contributed by atoms with Gasteiger partial charge in [-0.05, 0) is 36.4 Å². The molecule has 0 aliphatic heterocycles. The van der Waals surface area contributed by atoms with E-state index in [1.165, 1.54) is 16.5 Å². The fourth-order valence-corrected chi connectivity index (χ4v) is 4.82. The number of carbonyl (C=O) groups is 1. The van der Waals surface area contributed by atoms with E-state index in [9.17, 15) is 4.79 Å². The number of carbonyl (C=O) groups excluding carboxylic acids is 1. The van der Waals surface area contributed by atoms with Crippen molar-refractivity contribution in [2.75, 3.05) is 18.1 Å². The van der Waals surface area contributed by atoms with E-state index in [1.54, 1.807) is 23.1 Å². The van der Waals surface area contributed by atoms with Crippen LogP contribution in [-0.4, -0.2) is 28.9 Å². The number of nitrogens with one attached hydrogen (secondary N) is 1. The summed E-state index contributed by atoms with van der Waals surface area (Å²) in [5.74, 6) is 1.27. The Bertz CT molecular complexity index is 787. The number of amides is 1. The zero-order chi connectivity index (χ0) is 16.8. The van der Waals surface area contributed by atoms with Crippen molar-refractivity contribution in [3.63, 3.8) is 0 Å². The Morgan fingerprint density at radius 1 is 1.12 bits per heavy atom. The molecule has 2 aromatic carbocycles. The van der Waals surface area contributed by atoms with Crippen LogP contribution >= 0.6 is 46.5 Å². The van der Waals surface area contributed by atoms with Crippen LogP contribution in [0, 0.1) is 0 Å². The highest BCUT2D eigenvalue weighted by Gasteiger charge is 2.05. The minimum atomic E-state index is 0.0415. The molecule has 1 aromatic heterocycles. The van der Waals surface area contributed by atoms with E-state index >= 15 is 0 Å². The Hall–Kier alpha value is -1.21. The summed E-state index contributed by atoms with van der Waals surface area (Å²) < 4.78 is 2.24. The molecule has 7 heteroatoms. The second-order valence-corrected chi connectivity index (χ2v) is 8.75. The SMILES string of the molecule is O=C(CSc1ccc(Cl)cc1)NCCSc1nc2ccccc2s1. The van der Waals surface area contributed by atoms with Crippen LogP contribution in [0.25, 0.3) is 10.2 Å².